The molecule has 0 saturated heterocycles. The zero-order valence-corrected chi connectivity index (χ0v) is 16.4. The zero-order chi connectivity index (χ0) is 21.1. The molecule has 0 radical (unpaired) electrons. The van der Waals surface area contributed by atoms with Crippen molar-refractivity contribution in [3.8, 4) is 5.75 Å². The van der Waals surface area contributed by atoms with Gasteiger partial charge in [0, 0.05) is 17.8 Å². The smallest absolute Gasteiger partial charge is 0.329 e. The van der Waals surface area contributed by atoms with E-state index in [-0.39, 0.29) is 12.5 Å². The minimum absolute atomic E-state index is 0.190. The molecule has 2 aromatic rings. The summed E-state index contributed by atoms with van der Waals surface area (Å²) in [7, 11) is 0. The quantitative estimate of drug-likeness (QED) is 0.360. The first kappa shape index (κ1) is 21.6. The topological polar surface area (TPSA) is 109 Å². The number of aryl methyl sites for hydroxylation is 1. The van der Waals surface area contributed by atoms with Crippen LogP contribution in [0.4, 0.5) is 5.69 Å². The normalized spacial score (nSPS) is 10.4. The molecule has 3 N–H and O–H groups in total. The van der Waals surface area contributed by atoms with Gasteiger partial charge in [0.05, 0.1) is 6.21 Å². The molecule has 0 saturated carbocycles. The fraction of sp³-hybridized carbons (Fsp3) is 0.238. The summed E-state index contributed by atoms with van der Waals surface area (Å²) in [6.07, 6.45) is 2.07. The van der Waals surface area contributed by atoms with E-state index in [0.717, 1.165) is 12.0 Å². The molecule has 3 amide bonds. The Kier molecular flexibility index (Phi) is 8.37. The largest absolute Gasteiger partial charge is 0.483 e. The predicted molar refractivity (Wildman–Crippen MR) is 111 cm³/mol. The Morgan fingerprint density at radius 1 is 1.07 bits per heavy atom. The minimum Gasteiger partial charge on any atom is -0.483 e. The summed E-state index contributed by atoms with van der Waals surface area (Å²) < 4.78 is 5.56. The molecule has 0 aliphatic carbocycles. The summed E-state index contributed by atoms with van der Waals surface area (Å²) >= 11 is 0. The molecule has 2 aromatic carbocycles. The highest BCUT2D eigenvalue weighted by Gasteiger charge is 2.11. The molecular weight excluding hydrogens is 372 g/mol. The zero-order valence-electron chi connectivity index (χ0n) is 16.4. The third-order valence-electron chi connectivity index (χ3n) is 3.69. The Bertz CT molecular complexity index is 896. The van der Waals surface area contributed by atoms with Crippen LogP contribution in [-0.2, 0) is 14.4 Å². The number of hydrazone groups is 1. The van der Waals surface area contributed by atoms with E-state index in [9.17, 15) is 14.4 Å². The number of hydrogen-bond acceptors (Lipinski definition) is 5. The summed E-state index contributed by atoms with van der Waals surface area (Å²) in [5, 5.41) is 8.98. The first-order chi connectivity index (χ1) is 14.0. The van der Waals surface area contributed by atoms with Gasteiger partial charge in [0.25, 0.3) is 5.91 Å². The Morgan fingerprint density at radius 2 is 1.86 bits per heavy atom. The number of nitrogens with zero attached hydrogens (tertiary/aromatic N) is 1. The van der Waals surface area contributed by atoms with Gasteiger partial charge in [-0.25, -0.2) is 5.43 Å². The number of ether oxygens (including phenoxy) is 1. The van der Waals surface area contributed by atoms with Crippen LogP contribution in [0, 0.1) is 6.92 Å². The number of anilines is 1. The molecule has 8 nitrogen and oxygen atoms in total. The molecule has 0 aromatic heterocycles. The number of rotatable bonds is 8. The van der Waals surface area contributed by atoms with Crippen LogP contribution in [0.15, 0.2) is 53.6 Å². The van der Waals surface area contributed by atoms with Gasteiger partial charge in [0.2, 0.25) is 0 Å². The Balaban J connectivity index is 1.90. The number of carbonyl (C=O) groups excluding carboxylic acids is 3. The molecule has 2 rings (SSSR count). The molecule has 8 heteroatoms. The fourth-order valence-corrected chi connectivity index (χ4v) is 2.31. The van der Waals surface area contributed by atoms with Gasteiger partial charge in [0.1, 0.15) is 5.75 Å². The molecule has 0 atom stereocenters. The van der Waals surface area contributed by atoms with Crippen molar-refractivity contribution in [2.75, 3.05) is 18.5 Å². The molecule has 0 fully saturated rings. The summed E-state index contributed by atoms with van der Waals surface area (Å²) in [5.74, 6) is -1.49. The number of para-hydroxylation sites is 1. The van der Waals surface area contributed by atoms with E-state index in [1.807, 2.05) is 32.0 Å². The van der Waals surface area contributed by atoms with Gasteiger partial charge in [-0.1, -0.05) is 31.2 Å². The van der Waals surface area contributed by atoms with E-state index in [2.05, 4.69) is 21.2 Å². The summed E-state index contributed by atoms with van der Waals surface area (Å²) in [6, 6.07) is 14.3. The number of carbonyl (C=O) groups is 3. The monoisotopic (exact) mass is 396 g/mol. The maximum absolute atomic E-state index is 12.1. The van der Waals surface area contributed by atoms with Crippen molar-refractivity contribution in [3.05, 3.63) is 59.7 Å². The fourth-order valence-electron chi connectivity index (χ4n) is 2.31. The highest BCUT2D eigenvalue weighted by molar-refractivity contribution is 6.35. The summed E-state index contributed by atoms with van der Waals surface area (Å²) in [5.41, 5.74) is 4.43. The molecule has 0 aliphatic heterocycles. The average molecular weight is 396 g/mol. The third kappa shape index (κ3) is 7.45. The lowest BCUT2D eigenvalue weighted by molar-refractivity contribution is -0.139. The molecular formula is C21H24N4O4. The van der Waals surface area contributed by atoms with Gasteiger partial charge < -0.3 is 15.4 Å². The van der Waals surface area contributed by atoms with Crippen molar-refractivity contribution in [2.24, 2.45) is 5.10 Å². The minimum atomic E-state index is -0.856. The second-order valence-corrected chi connectivity index (χ2v) is 6.20. The molecule has 0 aliphatic rings. The lowest BCUT2D eigenvalue weighted by Gasteiger charge is -2.10. The van der Waals surface area contributed by atoms with Crippen LogP contribution in [0.1, 0.15) is 24.5 Å². The number of nitrogens with one attached hydrogen (secondary N) is 3. The van der Waals surface area contributed by atoms with E-state index in [4.69, 9.17) is 4.74 Å². The Morgan fingerprint density at radius 3 is 2.62 bits per heavy atom. The molecule has 0 unspecified atom stereocenters. The van der Waals surface area contributed by atoms with Crippen molar-refractivity contribution >= 4 is 29.6 Å². The van der Waals surface area contributed by atoms with Gasteiger partial charge >= 0.3 is 11.8 Å². The summed E-state index contributed by atoms with van der Waals surface area (Å²) in [4.78, 5) is 35.2. The van der Waals surface area contributed by atoms with Crippen molar-refractivity contribution in [1.82, 2.24) is 10.7 Å². The van der Waals surface area contributed by atoms with Crippen LogP contribution >= 0.6 is 0 Å². The standard InChI is InChI=1S/C21H24N4O4/c1-3-11-22-20(27)21(28)25-23-13-16-8-4-5-10-18(16)29-14-19(26)24-17-9-6-7-15(2)12-17/h4-10,12-13H,3,11,14H2,1-2H3,(H,22,27)(H,24,26)(H,25,28)/b23-13-. The van der Waals surface area contributed by atoms with E-state index >= 15 is 0 Å². The van der Waals surface area contributed by atoms with E-state index in [1.165, 1.54) is 6.21 Å². The average Bonchev–Trinajstić information content (AvgIpc) is 2.71. The third-order valence-corrected chi connectivity index (χ3v) is 3.69. The van der Waals surface area contributed by atoms with Gasteiger partial charge in [-0.2, -0.15) is 5.10 Å². The van der Waals surface area contributed by atoms with Gasteiger partial charge in [-0.15, -0.1) is 0 Å². The van der Waals surface area contributed by atoms with Crippen molar-refractivity contribution in [2.45, 2.75) is 20.3 Å². The van der Waals surface area contributed by atoms with Crippen LogP contribution in [0.25, 0.3) is 0 Å². The second-order valence-electron chi connectivity index (χ2n) is 6.20. The van der Waals surface area contributed by atoms with Gasteiger partial charge in [-0.3, -0.25) is 14.4 Å². The van der Waals surface area contributed by atoms with Crippen molar-refractivity contribution in [1.29, 1.82) is 0 Å². The van der Waals surface area contributed by atoms with E-state index < -0.39 is 11.8 Å². The number of benzene rings is 2. The van der Waals surface area contributed by atoms with Gasteiger partial charge in [-0.05, 0) is 43.2 Å². The second kappa shape index (κ2) is 11.2. The molecule has 29 heavy (non-hydrogen) atoms. The maximum atomic E-state index is 12.1. The van der Waals surface area contributed by atoms with Crippen molar-refractivity contribution in [3.63, 3.8) is 0 Å². The number of amides is 3. The molecule has 0 spiro atoms. The first-order valence-electron chi connectivity index (χ1n) is 9.19. The van der Waals surface area contributed by atoms with Crippen LogP contribution in [0.3, 0.4) is 0 Å². The van der Waals surface area contributed by atoms with Crippen LogP contribution in [-0.4, -0.2) is 37.1 Å². The van der Waals surface area contributed by atoms with Crippen molar-refractivity contribution < 1.29 is 19.1 Å². The SMILES string of the molecule is CCCNC(=O)C(=O)N/N=C\c1ccccc1OCC(=O)Nc1cccc(C)c1. The lowest BCUT2D eigenvalue weighted by atomic mass is 10.2. The van der Waals surface area contributed by atoms with E-state index in [0.29, 0.717) is 23.5 Å². The number of hydrogen-bond donors (Lipinski definition) is 3. The highest BCUT2D eigenvalue weighted by Crippen LogP contribution is 2.16. The Labute approximate surface area is 169 Å². The van der Waals surface area contributed by atoms with Crippen LogP contribution in [0.2, 0.25) is 0 Å². The Hall–Kier alpha value is -3.68. The lowest BCUT2D eigenvalue weighted by Crippen LogP contribution is -2.38. The van der Waals surface area contributed by atoms with Crippen LogP contribution < -0.4 is 20.8 Å². The van der Waals surface area contributed by atoms with E-state index in [1.54, 1.807) is 30.3 Å². The molecule has 152 valence electrons. The highest BCUT2D eigenvalue weighted by atomic mass is 16.5. The maximum Gasteiger partial charge on any atom is 0.329 e. The first-order valence-corrected chi connectivity index (χ1v) is 9.19. The van der Waals surface area contributed by atoms with Crippen LogP contribution in [0.5, 0.6) is 5.75 Å². The predicted octanol–water partition coefficient (Wildman–Crippen LogP) is 1.99. The molecule has 0 bridgehead atoms. The van der Waals surface area contributed by atoms with Gasteiger partial charge in [0.15, 0.2) is 6.61 Å². The molecule has 0 heterocycles. The summed E-state index contributed by atoms with van der Waals surface area (Å²) in [6.45, 7) is 4.05.